The van der Waals surface area contributed by atoms with E-state index in [-0.39, 0.29) is 0 Å². The molecule has 1 aliphatic heterocycles. The standard InChI is InChI=1S/C22H28N2S/c1-3-9-18(10-4-1)17-24-16-8-14-21(24)20-13-7-15-23-22(20)25-19-11-5-2-6-12-19/h1,3-4,7,9-10,13,15,19,21H,2,5-6,8,11-12,14,16-17H2. The fourth-order valence-corrected chi connectivity index (χ4v) is 5.63. The van der Waals surface area contributed by atoms with Gasteiger partial charge in [0.25, 0.3) is 0 Å². The van der Waals surface area contributed by atoms with Crippen LogP contribution in [0, 0.1) is 0 Å². The largest absolute Gasteiger partial charge is 0.292 e. The first-order chi connectivity index (χ1) is 12.4. The average Bonchev–Trinajstić information content (AvgIpc) is 3.12. The molecule has 4 rings (SSSR count). The lowest BCUT2D eigenvalue weighted by Crippen LogP contribution is -2.23. The molecule has 0 bridgehead atoms. The highest BCUT2D eigenvalue weighted by Crippen LogP contribution is 2.40. The average molecular weight is 353 g/mol. The molecule has 1 saturated heterocycles. The molecule has 1 aromatic carbocycles. The number of rotatable bonds is 5. The molecule has 1 aliphatic carbocycles. The second-order valence-electron chi connectivity index (χ2n) is 7.39. The van der Waals surface area contributed by atoms with Gasteiger partial charge in [0.1, 0.15) is 5.03 Å². The molecule has 0 amide bonds. The molecule has 0 spiro atoms. The van der Waals surface area contributed by atoms with E-state index in [0.29, 0.717) is 6.04 Å². The minimum Gasteiger partial charge on any atom is -0.292 e. The van der Waals surface area contributed by atoms with Gasteiger partial charge < -0.3 is 0 Å². The molecule has 1 unspecified atom stereocenters. The van der Waals surface area contributed by atoms with Crippen molar-refractivity contribution in [3.8, 4) is 0 Å². The summed E-state index contributed by atoms with van der Waals surface area (Å²) in [5.74, 6) is 0. The van der Waals surface area contributed by atoms with E-state index >= 15 is 0 Å². The van der Waals surface area contributed by atoms with Crippen LogP contribution in [0.4, 0.5) is 0 Å². The molecule has 25 heavy (non-hydrogen) atoms. The van der Waals surface area contributed by atoms with E-state index in [0.717, 1.165) is 11.8 Å². The molecule has 0 N–H and O–H groups in total. The number of likely N-dealkylation sites (tertiary alicyclic amines) is 1. The summed E-state index contributed by atoms with van der Waals surface area (Å²) in [6.07, 6.45) is 11.5. The van der Waals surface area contributed by atoms with Crippen LogP contribution in [0.5, 0.6) is 0 Å². The fraction of sp³-hybridized carbons (Fsp3) is 0.500. The minimum absolute atomic E-state index is 0.528. The predicted molar refractivity (Wildman–Crippen MR) is 106 cm³/mol. The van der Waals surface area contributed by atoms with Crippen LogP contribution in [-0.2, 0) is 6.54 Å². The van der Waals surface area contributed by atoms with E-state index in [2.05, 4.69) is 47.4 Å². The summed E-state index contributed by atoms with van der Waals surface area (Å²) in [4.78, 5) is 7.45. The van der Waals surface area contributed by atoms with Crippen molar-refractivity contribution in [1.29, 1.82) is 0 Å². The molecule has 0 radical (unpaired) electrons. The molecular formula is C22H28N2S. The van der Waals surface area contributed by atoms with Crippen LogP contribution in [0.25, 0.3) is 0 Å². The molecule has 132 valence electrons. The molecule has 2 aliphatic rings. The summed E-state index contributed by atoms with van der Waals surface area (Å²) in [6, 6.07) is 15.9. The Morgan fingerprint density at radius 3 is 2.60 bits per heavy atom. The van der Waals surface area contributed by atoms with Gasteiger partial charge in [-0.1, -0.05) is 55.7 Å². The summed E-state index contributed by atoms with van der Waals surface area (Å²) in [7, 11) is 0. The smallest absolute Gasteiger partial charge is 0.101 e. The van der Waals surface area contributed by atoms with Crippen molar-refractivity contribution in [2.45, 2.75) is 67.8 Å². The second-order valence-corrected chi connectivity index (χ2v) is 8.68. The van der Waals surface area contributed by atoms with Gasteiger partial charge in [-0.15, -0.1) is 11.8 Å². The molecule has 3 heteroatoms. The van der Waals surface area contributed by atoms with Crippen molar-refractivity contribution in [2.75, 3.05) is 6.54 Å². The zero-order valence-corrected chi connectivity index (χ0v) is 15.8. The Labute approximate surface area is 156 Å². The SMILES string of the molecule is c1ccc(CN2CCCC2c2cccnc2SC2CCCCC2)cc1. The van der Waals surface area contributed by atoms with Crippen molar-refractivity contribution < 1.29 is 0 Å². The van der Waals surface area contributed by atoms with Crippen LogP contribution in [0.2, 0.25) is 0 Å². The lowest BCUT2D eigenvalue weighted by molar-refractivity contribution is 0.245. The number of nitrogens with zero attached hydrogens (tertiary/aromatic N) is 2. The lowest BCUT2D eigenvalue weighted by atomic mass is 10.0. The quantitative estimate of drug-likeness (QED) is 0.672. The van der Waals surface area contributed by atoms with Gasteiger partial charge in [0, 0.05) is 29.6 Å². The third-order valence-corrected chi connectivity index (χ3v) is 6.95. The maximum Gasteiger partial charge on any atom is 0.101 e. The molecule has 2 fully saturated rings. The van der Waals surface area contributed by atoms with E-state index in [1.807, 2.05) is 18.0 Å². The molecule has 2 nitrogen and oxygen atoms in total. The van der Waals surface area contributed by atoms with Gasteiger partial charge in [0.2, 0.25) is 0 Å². The number of aromatic nitrogens is 1. The summed E-state index contributed by atoms with van der Waals surface area (Å²) >= 11 is 2.05. The maximum absolute atomic E-state index is 4.80. The normalized spacial score (nSPS) is 22.3. The Morgan fingerprint density at radius 2 is 1.76 bits per heavy atom. The van der Waals surface area contributed by atoms with Crippen LogP contribution in [0.15, 0.2) is 53.7 Å². The van der Waals surface area contributed by atoms with E-state index in [1.165, 1.54) is 67.6 Å². The Morgan fingerprint density at radius 1 is 0.920 bits per heavy atom. The third kappa shape index (κ3) is 4.27. The monoisotopic (exact) mass is 352 g/mol. The molecule has 2 aromatic rings. The van der Waals surface area contributed by atoms with Crippen molar-refractivity contribution in [3.05, 3.63) is 59.8 Å². The minimum atomic E-state index is 0.528. The number of hydrogen-bond donors (Lipinski definition) is 0. The van der Waals surface area contributed by atoms with E-state index in [9.17, 15) is 0 Å². The Bertz CT molecular complexity index is 667. The molecule has 1 aromatic heterocycles. The first-order valence-electron chi connectivity index (χ1n) is 9.80. The van der Waals surface area contributed by atoms with Crippen molar-refractivity contribution in [3.63, 3.8) is 0 Å². The summed E-state index contributed by atoms with van der Waals surface area (Å²) in [6.45, 7) is 2.25. The number of hydrogen-bond acceptors (Lipinski definition) is 3. The van der Waals surface area contributed by atoms with E-state index < -0.39 is 0 Å². The van der Waals surface area contributed by atoms with Gasteiger partial charge in [-0.3, -0.25) is 4.90 Å². The first kappa shape index (κ1) is 17.1. The molecule has 1 saturated carbocycles. The number of thioether (sulfide) groups is 1. The van der Waals surface area contributed by atoms with Gasteiger partial charge in [-0.05, 0) is 43.9 Å². The molecular weight excluding hydrogens is 324 g/mol. The molecule has 2 heterocycles. The third-order valence-electron chi connectivity index (χ3n) is 5.58. The van der Waals surface area contributed by atoms with Crippen LogP contribution in [0.3, 0.4) is 0 Å². The summed E-state index contributed by atoms with van der Waals surface area (Å²) in [5, 5.41) is 2.06. The zero-order chi connectivity index (χ0) is 16.9. The Hall–Kier alpha value is -1.32. The van der Waals surface area contributed by atoms with Gasteiger partial charge in [-0.25, -0.2) is 4.98 Å². The number of pyridine rings is 1. The first-order valence-corrected chi connectivity index (χ1v) is 10.7. The highest BCUT2D eigenvalue weighted by molar-refractivity contribution is 7.99. The van der Waals surface area contributed by atoms with Gasteiger partial charge in [-0.2, -0.15) is 0 Å². The van der Waals surface area contributed by atoms with Gasteiger partial charge in [0.05, 0.1) is 0 Å². The predicted octanol–water partition coefficient (Wildman–Crippen LogP) is 5.84. The van der Waals surface area contributed by atoms with Crippen molar-refractivity contribution in [1.82, 2.24) is 9.88 Å². The van der Waals surface area contributed by atoms with Crippen LogP contribution >= 0.6 is 11.8 Å². The van der Waals surface area contributed by atoms with Crippen molar-refractivity contribution in [2.24, 2.45) is 0 Å². The lowest BCUT2D eigenvalue weighted by Gasteiger charge is -2.27. The Balaban J connectivity index is 1.51. The summed E-state index contributed by atoms with van der Waals surface area (Å²) < 4.78 is 0. The molecule has 1 atom stereocenters. The zero-order valence-electron chi connectivity index (χ0n) is 14.9. The van der Waals surface area contributed by atoms with E-state index in [4.69, 9.17) is 4.98 Å². The van der Waals surface area contributed by atoms with Crippen LogP contribution in [-0.4, -0.2) is 21.7 Å². The fourth-order valence-electron chi connectivity index (χ4n) is 4.28. The summed E-state index contributed by atoms with van der Waals surface area (Å²) in [5.41, 5.74) is 2.88. The highest BCUT2D eigenvalue weighted by atomic mass is 32.2. The topological polar surface area (TPSA) is 16.1 Å². The Kier molecular flexibility index (Phi) is 5.73. The number of benzene rings is 1. The van der Waals surface area contributed by atoms with Gasteiger partial charge >= 0.3 is 0 Å². The van der Waals surface area contributed by atoms with Gasteiger partial charge in [0.15, 0.2) is 0 Å². The maximum atomic E-state index is 4.80. The van der Waals surface area contributed by atoms with Crippen LogP contribution in [0.1, 0.15) is 62.1 Å². The second kappa shape index (κ2) is 8.37. The van der Waals surface area contributed by atoms with Crippen LogP contribution < -0.4 is 0 Å². The van der Waals surface area contributed by atoms with E-state index in [1.54, 1.807) is 0 Å². The highest BCUT2D eigenvalue weighted by Gasteiger charge is 2.29. The van der Waals surface area contributed by atoms with Crippen molar-refractivity contribution >= 4 is 11.8 Å².